The standard InChI is InChI=1S/C11H11ClFNO2/c12-8-3-4-10(13)9(7-8)11(15)14-5-1-2-6-16-14/h3-4,7H,1-2,5-6H2. The molecule has 1 aromatic carbocycles. The second-order valence-corrected chi connectivity index (χ2v) is 4.01. The van der Waals surface area contributed by atoms with Gasteiger partial charge in [0.15, 0.2) is 0 Å². The summed E-state index contributed by atoms with van der Waals surface area (Å²) in [6.45, 7) is 0.985. The van der Waals surface area contributed by atoms with E-state index in [-0.39, 0.29) is 5.56 Å². The van der Waals surface area contributed by atoms with Crippen LogP contribution in [0.3, 0.4) is 0 Å². The van der Waals surface area contributed by atoms with Gasteiger partial charge < -0.3 is 0 Å². The summed E-state index contributed by atoms with van der Waals surface area (Å²) in [7, 11) is 0. The molecule has 5 heteroatoms. The van der Waals surface area contributed by atoms with E-state index in [0.717, 1.165) is 12.8 Å². The highest BCUT2D eigenvalue weighted by Crippen LogP contribution is 2.18. The third kappa shape index (κ3) is 2.33. The van der Waals surface area contributed by atoms with Gasteiger partial charge >= 0.3 is 0 Å². The Morgan fingerprint density at radius 3 is 2.94 bits per heavy atom. The van der Waals surface area contributed by atoms with Gasteiger partial charge in [-0.2, -0.15) is 0 Å². The quantitative estimate of drug-likeness (QED) is 0.759. The third-order valence-corrected chi connectivity index (χ3v) is 2.62. The number of carbonyl (C=O) groups is 1. The summed E-state index contributed by atoms with van der Waals surface area (Å²) in [5.41, 5.74) is -0.0469. The highest BCUT2D eigenvalue weighted by Gasteiger charge is 2.22. The smallest absolute Gasteiger partial charge is 0.271 e. The predicted molar refractivity (Wildman–Crippen MR) is 57.6 cm³/mol. The largest absolute Gasteiger partial charge is 0.280 e. The van der Waals surface area contributed by atoms with Gasteiger partial charge in [0, 0.05) is 11.6 Å². The van der Waals surface area contributed by atoms with Crippen molar-refractivity contribution < 1.29 is 14.0 Å². The maximum Gasteiger partial charge on any atom is 0.280 e. The number of amides is 1. The lowest BCUT2D eigenvalue weighted by molar-refractivity contribution is -0.144. The number of benzene rings is 1. The first-order chi connectivity index (χ1) is 7.68. The van der Waals surface area contributed by atoms with E-state index in [2.05, 4.69) is 0 Å². The van der Waals surface area contributed by atoms with Crippen LogP contribution in [0.4, 0.5) is 4.39 Å². The molecule has 0 radical (unpaired) electrons. The highest BCUT2D eigenvalue weighted by molar-refractivity contribution is 6.30. The van der Waals surface area contributed by atoms with Crippen molar-refractivity contribution in [1.29, 1.82) is 0 Å². The molecule has 1 amide bonds. The Labute approximate surface area is 97.7 Å². The lowest BCUT2D eigenvalue weighted by Gasteiger charge is -2.25. The number of rotatable bonds is 1. The molecule has 1 fully saturated rings. The van der Waals surface area contributed by atoms with Gasteiger partial charge in [0.2, 0.25) is 0 Å². The third-order valence-electron chi connectivity index (χ3n) is 2.39. The molecule has 1 aliphatic rings. The summed E-state index contributed by atoms with van der Waals surface area (Å²) in [5, 5.41) is 1.53. The van der Waals surface area contributed by atoms with Gasteiger partial charge in [-0.25, -0.2) is 9.45 Å². The maximum absolute atomic E-state index is 13.4. The van der Waals surface area contributed by atoms with Crippen molar-refractivity contribution in [2.24, 2.45) is 0 Å². The van der Waals surface area contributed by atoms with Crippen molar-refractivity contribution in [3.05, 3.63) is 34.6 Å². The van der Waals surface area contributed by atoms with Crippen LogP contribution < -0.4 is 0 Å². The Balaban J connectivity index is 2.22. The number of nitrogens with zero attached hydrogens (tertiary/aromatic N) is 1. The molecule has 1 aromatic rings. The zero-order valence-electron chi connectivity index (χ0n) is 8.58. The fourth-order valence-electron chi connectivity index (χ4n) is 1.55. The molecular formula is C11H11ClFNO2. The summed E-state index contributed by atoms with van der Waals surface area (Å²) in [6, 6.07) is 3.90. The number of carbonyl (C=O) groups excluding carboxylic acids is 1. The van der Waals surface area contributed by atoms with Crippen LogP contribution in [0.1, 0.15) is 23.2 Å². The van der Waals surface area contributed by atoms with Crippen molar-refractivity contribution in [3.8, 4) is 0 Å². The van der Waals surface area contributed by atoms with E-state index in [4.69, 9.17) is 16.4 Å². The number of hydroxylamine groups is 2. The minimum absolute atomic E-state index is 0.0469. The molecule has 0 bridgehead atoms. The lowest BCUT2D eigenvalue weighted by Crippen LogP contribution is -2.36. The zero-order chi connectivity index (χ0) is 11.5. The second-order valence-electron chi connectivity index (χ2n) is 3.57. The first-order valence-electron chi connectivity index (χ1n) is 5.08. The summed E-state index contributed by atoms with van der Waals surface area (Å²) in [4.78, 5) is 17.0. The first-order valence-corrected chi connectivity index (χ1v) is 5.46. The molecule has 0 aromatic heterocycles. The molecular weight excluding hydrogens is 233 g/mol. The Morgan fingerprint density at radius 1 is 1.44 bits per heavy atom. The number of hydrogen-bond donors (Lipinski definition) is 0. The van der Waals surface area contributed by atoms with E-state index in [0.29, 0.717) is 18.2 Å². The van der Waals surface area contributed by atoms with E-state index >= 15 is 0 Å². The highest BCUT2D eigenvalue weighted by atomic mass is 35.5. The Kier molecular flexibility index (Phi) is 3.41. The molecule has 0 saturated carbocycles. The van der Waals surface area contributed by atoms with Crippen LogP contribution in [0, 0.1) is 5.82 Å². The SMILES string of the molecule is O=C(c1cc(Cl)ccc1F)N1CCCCO1. The van der Waals surface area contributed by atoms with Gasteiger partial charge in [0.25, 0.3) is 5.91 Å². The predicted octanol–water partition coefficient (Wildman–Crippen LogP) is 2.65. The van der Waals surface area contributed by atoms with E-state index in [1.807, 2.05) is 0 Å². The van der Waals surface area contributed by atoms with E-state index in [9.17, 15) is 9.18 Å². The average molecular weight is 244 g/mol. The normalized spacial score (nSPS) is 16.2. The molecule has 0 atom stereocenters. The summed E-state index contributed by atoms with van der Waals surface area (Å²) in [5.74, 6) is -1.05. The molecule has 0 aliphatic carbocycles. The van der Waals surface area contributed by atoms with Crippen molar-refractivity contribution in [3.63, 3.8) is 0 Å². The van der Waals surface area contributed by atoms with Gasteiger partial charge in [-0.3, -0.25) is 9.63 Å². The maximum atomic E-state index is 13.4. The van der Waals surface area contributed by atoms with Crippen molar-refractivity contribution in [1.82, 2.24) is 5.06 Å². The molecule has 16 heavy (non-hydrogen) atoms. The van der Waals surface area contributed by atoms with Gasteiger partial charge in [0.05, 0.1) is 12.2 Å². The average Bonchev–Trinajstić information content (AvgIpc) is 2.32. The van der Waals surface area contributed by atoms with Crippen LogP contribution in [0.15, 0.2) is 18.2 Å². The molecule has 0 unspecified atom stereocenters. The Hall–Kier alpha value is -1.13. The van der Waals surface area contributed by atoms with Crippen LogP contribution in [0.2, 0.25) is 5.02 Å². The van der Waals surface area contributed by atoms with Crippen LogP contribution in [0.25, 0.3) is 0 Å². The van der Waals surface area contributed by atoms with E-state index in [1.54, 1.807) is 0 Å². The molecule has 1 heterocycles. The molecule has 3 nitrogen and oxygen atoms in total. The molecule has 1 aliphatic heterocycles. The number of hydrogen-bond acceptors (Lipinski definition) is 2. The lowest BCUT2D eigenvalue weighted by atomic mass is 10.2. The van der Waals surface area contributed by atoms with E-state index in [1.165, 1.54) is 23.3 Å². The van der Waals surface area contributed by atoms with Crippen LogP contribution >= 0.6 is 11.6 Å². The molecule has 86 valence electrons. The van der Waals surface area contributed by atoms with Gasteiger partial charge in [0.1, 0.15) is 5.82 Å². The molecule has 2 rings (SSSR count). The van der Waals surface area contributed by atoms with Crippen molar-refractivity contribution in [2.45, 2.75) is 12.8 Å². The van der Waals surface area contributed by atoms with E-state index < -0.39 is 11.7 Å². The first kappa shape index (κ1) is 11.4. The van der Waals surface area contributed by atoms with Gasteiger partial charge in [-0.05, 0) is 31.0 Å². The Morgan fingerprint density at radius 2 is 2.25 bits per heavy atom. The number of halogens is 2. The molecule has 0 spiro atoms. The monoisotopic (exact) mass is 243 g/mol. The summed E-state index contributed by atoms with van der Waals surface area (Å²) < 4.78 is 13.4. The Bertz CT molecular complexity index is 405. The fourth-order valence-corrected chi connectivity index (χ4v) is 1.72. The molecule has 0 N–H and O–H groups in total. The van der Waals surface area contributed by atoms with Crippen LogP contribution in [-0.4, -0.2) is 24.1 Å². The summed E-state index contributed by atoms with van der Waals surface area (Å²) in [6.07, 6.45) is 1.79. The van der Waals surface area contributed by atoms with Crippen LogP contribution in [0.5, 0.6) is 0 Å². The van der Waals surface area contributed by atoms with Crippen molar-refractivity contribution >= 4 is 17.5 Å². The zero-order valence-corrected chi connectivity index (χ0v) is 9.34. The van der Waals surface area contributed by atoms with Gasteiger partial charge in [-0.1, -0.05) is 11.6 Å². The second kappa shape index (κ2) is 4.80. The van der Waals surface area contributed by atoms with Crippen LogP contribution in [-0.2, 0) is 4.84 Å². The minimum atomic E-state index is -0.580. The summed E-state index contributed by atoms with van der Waals surface area (Å²) >= 11 is 5.72. The molecule has 1 saturated heterocycles. The fraction of sp³-hybridized carbons (Fsp3) is 0.364. The topological polar surface area (TPSA) is 29.5 Å². The van der Waals surface area contributed by atoms with Crippen molar-refractivity contribution in [2.75, 3.05) is 13.2 Å². The minimum Gasteiger partial charge on any atom is -0.271 e. The van der Waals surface area contributed by atoms with Gasteiger partial charge in [-0.15, -0.1) is 0 Å².